The highest BCUT2D eigenvalue weighted by Gasteiger charge is 2.21. The number of carboxylic acid groups (broad SMARTS) is 2. The average Bonchev–Trinajstić information content (AvgIpc) is 2.40. The first kappa shape index (κ1) is 19.4. The number of rotatable bonds is 12. The van der Waals surface area contributed by atoms with Crippen molar-refractivity contribution in [1.29, 1.82) is 0 Å². The molecule has 0 saturated heterocycles. The number of carbonyl (C=O) groups is 3. The molecule has 2 unspecified atom stereocenters. The maximum atomic E-state index is 11.8. The second-order valence-corrected chi connectivity index (χ2v) is 5.16. The van der Waals surface area contributed by atoms with E-state index in [1.807, 2.05) is 0 Å². The minimum absolute atomic E-state index is 0.113. The van der Waals surface area contributed by atoms with E-state index in [-0.39, 0.29) is 25.2 Å². The Morgan fingerprint density at radius 1 is 1.05 bits per heavy atom. The minimum atomic E-state index is -1.21. The number of aliphatic carboxylic acids is 2. The van der Waals surface area contributed by atoms with Crippen molar-refractivity contribution in [3.8, 4) is 0 Å². The van der Waals surface area contributed by atoms with Gasteiger partial charge in [0.15, 0.2) is 0 Å². The van der Waals surface area contributed by atoms with Crippen LogP contribution >= 0.6 is 0 Å². The summed E-state index contributed by atoms with van der Waals surface area (Å²) in [6.07, 6.45) is 3.36. The smallest absolute Gasteiger partial charge is 0.326 e. The molecule has 0 rings (SSSR count). The van der Waals surface area contributed by atoms with E-state index in [4.69, 9.17) is 15.9 Å². The first-order valence-electron chi connectivity index (χ1n) is 7.34. The quantitative estimate of drug-likeness (QED) is 0.425. The Kier molecular flexibility index (Phi) is 10.2. The first-order chi connectivity index (χ1) is 9.90. The molecule has 0 aromatic rings. The third-order valence-electron chi connectivity index (χ3n) is 3.33. The SMILES string of the molecule is CCCC(CCN)CCC(=O)NC(CCC(=O)O)C(=O)O. The summed E-state index contributed by atoms with van der Waals surface area (Å²) in [5.74, 6) is -2.28. The van der Waals surface area contributed by atoms with Gasteiger partial charge in [-0.1, -0.05) is 19.8 Å². The number of nitrogens with one attached hydrogen (secondary N) is 1. The number of carbonyl (C=O) groups excluding carboxylic acids is 1. The first-order valence-corrected chi connectivity index (χ1v) is 7.34. The molecule has 7 heteroatoms. The van der Waals surface area contributed by atoms with Crippen molar-refractivity contribution in [3.63, 3.8) is 0 Å². The summed E-state index contributed by atoms with van der Waals surface area (Å²) >= 11 is 0. The monoisotopic (exact) mass is 302 g/mol. The van der Waals surface area contributed by atoms with Crippen molar-refractivity contribution in [2.45, 2.75) is 57.9 Å². The fraction of sp³-hybridized carbons (Fsp3) is 0.786. The molecule has 0 saturated carbocycles. The second-order valence-electron chi connectivity index (χ2n) is 5.16. The Bertz CT molecular complexity index is 340. The summed E-state index contributed by atoms with van der Waals surface area (Å²) in [6, 6.07) is -1.15. The molecule has 2 atom stereocenters. The van der Waals surface area contributed by atoms with Gasteiger partial charge >= 0.3 is 11.9 Å². The zero-order valence-electron chi connectivity index (χ0n) is 12.5. The molecule has 0 heterocycles. The summed E-state index contributed by atoms with van der Waals surface area (Å²) in [6.45, 7) is 2.64. The molecule has 0 aromatic carbocycles. The molecule has 0 aliphatic carbocycles. The van der Waals surface area contributed by atoms with Gasteiger partial charge in [0, 0.05) is 12.8 Å². The van der Waals surface area contributed by atoms with Crippen LogP contribution in [0, 0.1) is 5.92 Å². The standard InChI is InChI=1S/C14H26N2O5/c1-2-3-10(8-9-15)4-6-12(17)16-11(14(20)21)5-7-13(18)19/h10-11H,2-9,15H2,1H3,(H,16,17)(H,18,19)(H,20,21). The molecule has 1 amide bonds. The van der Waals surface area contributed by atoms with Crippen LogP contribution in [0.25, 0.3) is 0 Å². The molecule has 0 aliphatic heterocycles. The van der Waals surface area contributed by atoms with Crippen molar-refractivity contribution in [2.24, 2.45) is 11.7 Å². The highest BCUT2D eigenvalue weighted by atomic mass is 16.4. The molecule has 0 bridgehead atoms. The third kappa shape index (κ3) is 9.84. The van der Waals surface area contributed by atoms with Crippen LogP contribution in [-0.4, -0.2) is 40.6 Å². The van der Waals surface area contributed by atoms with E-state index in [0.29, 0.717) is 18.9 Å². The maximum Gasteiger partial charge on any atom is 0.326 e. The zero-order valence-corrected chi connectivity index (χ0v) is 12.5. The van der Waals surface area contributed by atoms with Gasteiger partial charge in [-0.15, -0.1) is 0 Å². The topological polar surface area (TPSA) is 130 Å². The Morgan fingerprint density at radius 3 is 2.19 bits per heavy atom. The maximum absolute atomic E-state index is 11.8. The molecule has 0 radical (unpaired) electrons. The Hall–Kier alpha value is -1.63. The van der Waals surface area contributed by atoms with Crippen molar-refractivity contribution >= 4 is 17.8 Å². The van der Waals surface area contributed by atoms with Crippen molar-refractivity contribution < 1.29 is 24.6 Å². The van der Waals surface area contributed by atoms with Crippen molar-refractivity contribution in [1.82, 2.24) is 5.32 Å². The number of hydrogen-bond acceptors (Lipinski definition) is 4. The summed E-state index contributed by atoms with van der Waals surface area (Å²) < 4.78 is 0. The van der Waals surface area contributed by atoms with Crippen LogP contribution in [0.3, 0.4) is 0 Å². The van der Waals surface area contributed by atoms with Crippen LogP contribution in [0.15, 0.2) is 0 Å². The fourth-order valence-electron chi connectivity index (χ4n) is 2.20. The lowest BCUT2D eigenvalue weighted by atomic mass is 9.94. The van der Waals surface area contributed by atoms with E-state index in [1.54, 1.807) is 0 Å². The lowest BCUT2D eigenvalue weighted by molar-refractivity contribution is -0.143. The molecule has 0 spiro atoms. The van der Waals surface area contributed by atoms with Gasteiger partial charge in [-0.3, -0.25) is 9.59 Å². The highest BCUT2D eigenvalue weighted by Crippen LogP contribution is 2.16. The predicted octanol–water partition coefficient (Wildman–Crippen LogP) is 0.966. The van der Waals surface area contributed by atoms with Crippen molar-refractivity contribution in [2.75, 3.05) is 6.54 Å². The minimum Gasteiger partial charge on any atom is -0.481 e. The Morgan fingerprint density at radius 2 is 1.71 bits per heavy atom. The van der Waals surface area contributed by atoms with Gasteiger partial charge in [-0.2, -0.15) is 0 Å². The van der Waals surface area contributed by atoms with Crippen LogP contribution in [0.5, 0.6) is 0 Å². The Balaban J connectivity index is 4.23. The molecule has 7 nitrogen and oxygen atoms in total. The zero-order chi connectivity index (χ0) is 16.3. The normalized spacial score (nSPS) is 13.4. The van der Waals surface area contributed by atoms with Gasteiger partial charge in [0.1, 0.15) is 6.04 Å². The van der Waals surface area contributed by atoms with E-state index in [0.717, 1.165) is 19.3 Å². The molecule has 21 heavy (non-hydrogen) atoms. The number of nitrogens with two attached hydrogens (primary N) is 1. The van der Waals surface area contributed by atoms with Gasteiger partial charge in [-0.05, 0) is 31.7 Å². The van der Waals surface area contributed by atoms with E-state index < -0.39 is 18.0 Å². The Labute approximate surface area is 124 Å². The summed E-state index contributed by atoms with van der Waals surface area (Å²) in [5, 5.41) is 19.9. The van der Waals surface area contributed by atoms with Crippen LogP contribution < -0.4 is 11.1 Å². The largest absolute Gasteiger partial charge is 0.481 e. The fourth-order valence-corrected chi connectivity index (χ4v) is 2.20. The van der Waals surface area contributed by atoms with E-state index in [9.17, 15) is 14.4 Å². The summed E-state index contributed by atoms with van der Waals surface area (Å²) in [7, 11) is 0. The van der Waals surface area contributed by atoms with Gasteiger partial charge in [0.2, 0.25) is 5.91 Å². The summed E-state index contributed by atoms with van der Waals surface area (Å²) in [4.78, 5) is 33.2. The predicted molar refractivity (Wildman–Crippen MR) is 77.7 cm³/mol. The van der Waals surface area contributed by atoms with Crippen LogP contribution in [0.2, 0.25) is 0 Å². The molecular weight excluding hydrogens is 276 g/mol. The van der Waals surface area contributed by atoms with Gasteiger partial charge in [-0.25, -0.2) is 4.79 Å². The van der Waals surface area contributed by atoms with Crippen molar-refractivity contribution in [3.05, 3.63) is 0 Å². The number of hydrogen-bond donors (Lipinski definition) is 4. The molecule has 0 fully saturated rings. The second kappa shape index (κ2) is 11.1. The molecule has 5 N–H and O–H groups in total. The van der Waals surface area contributed by atoms with Gasteiger partial charge < -0.3 is 21.3 Å². The molecule has 122 valence electrons. The molecule has 0 aliphatic rings. The number of carboxylic acids is 2. The highest BCUT2D eigenvalue weighted by molar-refractivity contribution is 5.83. The average molecular weight is 302 g/mol. The van der Waals surface area contributed by atoms with E-state index in [1.165, 1.54) is 0 Å². The van der Waals surface area contributed by atoms with Gasteiger partial charge in [0.05, 0.1) is 0 Å². The van der Waals surface area contributed by atoms with E-state index >= 15 is 0 Å². The van der Waals surface area contributed by atoms with Crippen LogP contribution in [-0.2, 0) is 14.4 Å². The van der Waals surface area contributed by atoms with Crippen LogP contribution in [0.4, 0.5) is 0 Å². The molecule has 0 aromatic heterocycles. The third-order valence-corrected chi connectivity index (χ3v) is 3.33. The lowest BCUT2D eigenvalue weighted by Gasteiger charge is -2.17. The number of amides is 1. The van der Waals surface area contributed by atoms with Gasteiger partial charge in [0.25, 0.3) is 0 Å². The summed E-state index contributed by atoms with van der Waals surface area (Å²) in [5.41, 5.74) is 5.52. The molecular formula is C14H26N2O5. The lowest BCUT2D eigenvalue weighted by Crippen LogP contribution is -2.41. The van der Waals surface area contributed by atoms with Crippen LogP contribution in [0.1, 0.15) is 51.9 Å². The van der Waals surface area contributed by atoms with E-state index in [2.05, 4.69) is 12.2 Å².